The Labute approximate surface area is 90.7 Å². The number of nitrogens with zero attached hydrogens (tertiary/aromatic N) is 1. The van der Waals surface area contributed by atoms with Crippen LogP contribution in [0.15, 0.2) is 18.2 Å². The number of nitrogens with one attached hydrogen (secondary N) is 1. The summed E-state index contributed by atoms with van der Waals surface area (Å²) < 4.78 is 32.5. The summed E-state index contributed by atoms with van der Waals surface area (Å²) in [4.78, 5) is 4.01. The second kappa shape index (κ2) is 3.44. The van der Waals surface area contributed by atoms with Crippen molar-refractivity contribution < 1.29 is 13.0 Å². The third-order valence-electron chi connectivity index (χ3n) is 1.76. The molecule has 0 amide bonds. The largest absolute Gasteiger partial charge is 0.359 e. The van der Waals surface area contributed by atoms with Gasteiger partial charge in [0.1, 0.15) is 0 Å². The molecule has 1 heterocycles. The van der Waals surface area contributed by atoms with E-state index < -0.39 is 10.3 Å². The average Bonchev–Trinajstić information content (AvgIpc) is 2.42. The number of aryl methyl sites for hydroxylation is 1. The molecule has 7 heteroatoms. The molecule has 15 heavy (non-hydrogen) atoms. The second-order valence-corrected chi connectivity index (χ2v) is 5.25. The van der Waals surface area contributed by atoms with Crippen molar-refractivity contribution in [2.75, 3.05) is 4.72 Å². The Morgan fingerprint density at radius 3 is 2.87 bits per heavy atom. The van der Waals surface area contributed by atoms with Crippen LogP contribution < -0.4 is 4.72 Å². The molecule has 0 saturated carbocycles. The fraction of sp³-hybridized carbons (Fsp3) is 0.125. The molecule has 0 radical (unpaired) electrons. The first-order valence-corrected chi connectivity index (χ1v) is 6.32. The zero-order chi connectivity index (χ0) is 11.1. The lowest BCUT2D eigenvalue weighted by molar-refractivity contribution is 0.489. The number of aromatic nitrogens is 1. The molecule has 1 aromatic heterocycles. The Kier molecular flexibility index (Phi) is 2.37. The van der Waals surface area contributed by atoms with Crippen molar-refractivity contribution >= 4 is 37.0 Å². The van der Waals surface area contributed by atoms with Crippen LogP contribution >= 0.6 is 11.3 Å². The molecule has 2 rings (SSSR count). The molecule has 0 aliphatic carbocycles. The van der Waals surface area contributed by atoms with Crippen molar-refractivity contribution in [2.24, 2.45) is 0 Å². The van der Waals surface area contributed by atoms with Crippen molar-refractivity contribution in [2.45, 2.75) is 6.92 Å². The molecule has 0 aliphatic rings. The summed E-state index contributed by atoms with van der Waals surface area (Å²) in [7, 11) is -4.24. The fourth-order valence-corrected chi connectivity index (χ4v) is 2.75. The van der Waals surface area contributed by atoms with E-state index in [9.17, 15) is 8.42 Å². The third-order valence-corrected chi connectivity index (χ3v) is 3.27. The van der Waals surface area contributed by atoms with E-state index in [-0.39, 0.29) is 5.13 Å². The Bertz CT molecular complexity index is 603. The van der Waals surface area contributed by atoms with Gasteiger partial charge in [-0.05, 0) is 24.6 Å². The van der Waals surface area contributed by atoms with Crippen LogP contribution in [0.2, 0.25) is 0 Å². The van der Waals surface area contributed by atoms with Crippen molar-refractivity contribution in [3.05, 3.63) is 23.8 Å². The van der Waals surface area contributed by atoms with Gasteiger partial charge in [-0.3, -0.25) is 4.55 Å². The topological polar surface area (TPSA) is 79.3 Å². The highest BCUT2D eigenvalue weighted by Gasteiger charge is 2.09. The standard InChI is InChI=1S/C8H8N2O3S2/c1-5-2-3-6-7(4-5)14-8(9-6)10-15(11,12)13/h2-4H,1H3,(H,9,10)(H,11,12,13). The van der Waals surface area contributed by atoms with Gasteiger partial charge in [-0.1, -0.05) is 17.4 Å². The van der Waals surface area contributed by atoms with Crippen LogP contribution in [0.3, 0.4) is 0 Å². The van der Waals surface area contributed by atoms with Crippen LogP contribution in [0.25, 0.3) is 10.2 Å². The van der Waals surface area contributed by atoms with Crippen molar-refractivity contribution in [3.63, 3.8) is 0 Å². The summed E-state index contributed by atoms with van der Waals surface area (Å²) in [5, 5.41) is 0.165. The second-order valence-electron chi connectivity index (χ2n) is 3.07. The molecule has 0 saturated heterocycles. The molecule has 0 bridgehead atoms. The summed E-state index contributed by atoms with van der Waals surface area (Å²) in [6.07, 6.45) is 0. The minimum absolute atomic E-state index is 0.165. The molecule has 0 spiro atoms. The third kappa shape index (κ3) is 2.44. The molecule has 2 N–H and O–H groups in total. The minimum Gasteiger partial charge on any atom is -0.269 e. The van der Waals surface area contributed by atoms with Gasteiger partial charge in [0, 0.05) is 0 Å². The fourth-order valence-electron chi connectivity index (χ4n) is 1.19. The molecular weight excluding hydrogens is 236 g/mol. The maximum Gasteiger partial charge on any atom is 0.359 e. The molecule has 1 aromatic carbocycles. The van der Waals surface area contributed by atoms with E-state index in [1.165, 1.54) is 11.3 Å². The zero-order valence-electron chi connectivity index (χ0n) is 7.76. The van der Waals surface area contributed by atoms with Crippen LogP contribution in [0.1, 0.15) is 5.56 Å². The molecule has 0 fully saturated rings. The Morgan fingerprint density at radius 2 is 2.20 bits per heavy atom. The Morgan fingerprint density at radius 1 is 1.47 bits per heavy atom. The number of hydrogen-bond donors (Lipinski definition) is 2. The van der Waals surface area contributed by atoms with Crippen LogP contribution in [0.4, 0.5) is 5.13 Å². The summed E-state index contributed by atoms with van der Waals surface area (Å²) in [6.45, 7) is 1.94. The van der Waals surface area contributed by atoms with Crippen LogP contribution in [0.5, 0.6) is 0 Å². The van der Waals surface area contributed by atoms with Crippen LogP contribution in [-0.2, 0) is 10.3 Å². The van der Waals surface area contributed by atoms with E-state index in [0.717, 1.165) is 10.3 Å². The molecular formula is C8H8N2O3S2. The van der Waals surface area contributed by atoms with Gasteiger partial charge in [-0.15, -0.1) is 0 Å². The van der Waals surface area contributed by atoms with Gasteiger partial charge in [0.25, 0.3) is 0 Å². The molecule has 0 unspecified atom stereocenters. The number of benzene rings is 1. The quantitative estimate of drug-likeness (QED) is 0.790. The van der Waals surface area contributed by atoms with E-state index in [1.54, 1.807) is 6.07 Å². The van der Waals surface area contributed by atoms with Crippen LogP contribution in [-0.4, -0.2) is 18.0 Å². The van der Waals surface area contributed by atoms with Gasteiger partial charge in [0.2, 0.25) is 0 Å². The molecule has 0 atom stereocenters. The Balaban J connectivity index is 2.48. The van der Waals surface area contributed by atoms with E-state index in [4.69, 9.17) is 4.55 Å². The number of fused-ring (bicyclic) bond motifs is 1. The smallest absolute Gasteiger partial charge is 0.269 e. The van der Waals surface area contributed by atoms with Gasteiger partial charge in [0.05, 0.1) is 10.2 Å². The summed E-state index contributed by atoms with van der Waals surface area (Å²) in [6, 6.07) is 5.60. The lowest BCUT2D eigenvalue weighted by atomic mass is 10.2. The highest BCUT2D eigenvalue weighted by atomic mass is 32.2. The van der Waals surface area contributed by atoms with Crippen LogP contribution in [0, 0.1) is 6.92 Å². The highest BCUT2D eigenvalue weighted by molar-refractivity contribution is 7.87. The average molecular weight is 244 g/mol. The first-order chi connectivity index (χ1) is 6.94. The zero-order valence-corrected chi connectivity index (χ0v) is 9.39. The molecule has 0 aliphatic heterocycles. The summed E-state index contributed by atoms with van der Waals surface area (Å²) >= 11 is 1.18. The number of anilines is 1. The van der Waals surface area contributed by atoms with E-state index in [0.29, 0.717) is 5.52 Å². The first kappa shape index (κ1) is 10.3. The predicted molar refractivity (Wildman–Crippen MR) is 59.5 cm³/mol. The molecule has 80 valence electrons. The number of rotatable bonds is 2. The lowest BCUT2D eigenvalue weighted by Crippen LogP contribution is -2.09. The summed E-state index contributed by atoms with van der Waals surface area (Å²) in [5.74, 6) is 0. The lowest BCUT2D eigenvalue weighted by Gasteiger charge is -1.93. The summed E-state index contributed by atoms with van der Waals surface area (Å²) in [5.41, 5.74) is 1.78. The number of thiazole rings is 1. The maximum absolute atomic E-state index is 10.6. The van der Waals surface area contributed by atoms with Gasteiger partial charge >= 0.3 is 10.3 Å². The van der Waals surface area contributed by atoms with E-state index in [1.807, 2.05) is 23.8 Å². The number of hydrogen-bond acceptors (Lipinski definition) is 4. The van der Waals surface area contributed by atoms with Crippen molar-refractivity contribution in [1.82, 2.24) is 4.98 Å². The van der Waals surface area contributed by atoms with E-state index >= 15 is 0 Å². The highest BCUT2D eigenvalue weighted by Crippen LogP contribution is 2.26. The first-order valence-electron chi connectivity index (χ1n) is 4.06. The monoisotopic (exact) mass is 244 g/mol. The van der Waals surface area contributed by atoms with Crippen molar-refractivity contribution in [3.8, 4) is 0 Å². The van der Waals surface area contributed by atoms with E-state index in [2.05, 4.69) is 4.98 Å². The van der Waals surface area contributed by atoms with Crippen molar-refractivity contribution in [1.29, 1.82) is 0 Å². The normalized spacial score (nSPS) is 11.9. The SMILES string of the molecule is Cc1ccc2nc(NS(=O)(=O)O)sc2c1. The molecule has 2 aromatic rings. The van der Waals surface area contributed by atoms with Gasteiger partial charge in [0.15, 0.2) is 5.13 Å². The minimum atomic E-state index is -4.24. The molecule has 5 nitrogen and oxygen atoms in total. The Hall–Kier alpha value is -1.18. The van der Waals surface area contributed by atoms with Gasteiger partial charge < -0.3 is 0 Å². The predicted octanol–water partition coefficient (Wildman–Crippen LogP) is 1.82. The van der Waals surface area contributed by atoms with Gasteiger partial charge in [-0.2, -0.15) is 8.42 Å². The maximum atomic E-state index is 10.6. The van der Waals surface area contributed by atoms with Gasteiger partial charge in [-0.25, -0.2) is 9.71 Å².